The van der Waals surface area contributed by atoms with Gasteiger partial charge in [0, 0.05) is 0 Å². The minimum Gasteiger partial charge on any atom is -0.358 e. The van der Waals surface area contributed by atoms with Gasteiger partial charge >= 0.3 is 21.1 Å². The Morgan fingerprint density at radius 1 is 1.42 bits per heavy atom. The quantitative estimate of drug-likeness (QED) is 0.530. The zero-order valence-electron chi connectivity index (χ0n) is 8.17. The molecule has 1 aliphatic rings. The fourth-order valence-electron chi connectivity index (χ4n) is 0.746. The first-order chi connectivity index (χ1) is 3.93. The molecule has 0 amide bonds. The summed E-state index contributed by atoms with van der Waals surface area (Å²) in [6.07, 6.45) is 11.3. The molecule has 0 aromatic heterocycles. The van der Waals surface area contributed by atoms with Crippen LogP contribution in [0.15, 0.2) is 30.4 Å². The average Bonchev–Trinajstić information content (AvgIpc) is 2.19. The van der Waals surface area contributed by atoms with Crippen molar-refractivity contribution in [3.05, 3.63) is 58.7 Å². The van der Waals surface area contributed by atoms with Crippen molar-refractivity contribution in [3.8, 4) is 0 Å². The summed E-state index contributed by atoms with van der Waals surface area (Å²) in [7, 11) is 0. The Hall–Kier alpha value is -0.0917. The van der Waals surface area contributed by atoms with E-state index in [9.17, 15) is 0 Å². The number of allylic oxidation sites excluding steroid dienone is 5. The van der Waals surface area contributed by atoms with Crippen LogP contribution < -0.4 is 0 Å². The first kappa shape index (κ1) is 22.7. The van der Waals surface area contributed by atoms with Gasteiger partial charge in [0.1, 0.15) is 0 Å². The summed E-state index contributed by atoms with van der Waals surface area (Å²) in [5, 5.41) is 0. The molecule has 0 saturated carbocycles. The summed E-state index contributed by atoms with van der Waals surface area (Å²) >= 11 is 0. The molecule has 0 radical (unpaired) electrons. The Morgan fingerprint density at radius 2 is 2.00 bits per heavy atom. The van der Waals surface area contributed by atoms with Crippen molar-refractivity contribution in [1.82, 2.24) is 0 Å². The van der Waals surface area contributed by atoms with Crippen LogP contribution in [-0.2, 0) is 21.1 Å². The minimum absolute atomic E-state index is 0. The third-order valence-electron chi connectivity index (χ3n) is 1.13. The van der Waals surface area contributed by atoms with E-state index in [1.165, 1.54) is 5.57 Å². The summed E-state index contributed by atoms with van der Waals surface area (Å²) in [6, 6.07) is 0. The molecule has 72 valence electrons. The Kier molecular flexibility index (Phi) is 25.5. The molecule has 1 aliphatic carbocycles. The summed E-state index contributed by atoms with van der Waals surface area (Å²) < 4.78 is 0. The molecule has 0 heterocycles. The van der Waals surface area contributed by atoms with E-state index in [2.05, 4.69) is 24.8 Å². The van der Waals surface area contributed by atoms with Gasteiger partial charge < -0.3 is 22.3 Å². The van der Waals surface area contributed by atoms with Crippen LogP contribution >= 0.6 is 0 Å². The van der Waals surface area contributed by atoms with E-state index < -0.39 is 0 Å². The fourth-order valence-corrected chi connectivity index (χ4v) is 0.746. The van der Waals surface area contributed by atoms with E-state index in [0.29, 0.717) is 0 Å². The van der Waals surface area contributed by atoms with Crippen LogP contribution in [-0.4, -0.2) is 0 Å². The average molecular weight is 345 g/mol. The van der Waals surface area contributed by atoms with Crippen molar-refractivity contribution >= 4 is 0 Å². The molecule has 1 heteroatoms. The van der Waals surface area contributed by atoms with Gasteiger partial charge in [0.15, 0.2) is 0 Å². The van der Waals surface area contributed by atoms with Crippen LogP contribution in [0, 0.1) is 28.4 Å². The number of hydrogen-bond acceptors (Lipinski definition) is 0. The van der Waals surface area contributed by atoms with Crippen LogP contribution in [0.4, 0.5) is 0 Å². The van der Waals surface area contributed by atoms with E-state index in [1.54, 1.807) is 0 Å². The van der Waals surface area contributed by atoms with Crippen LogP contribution in [0.25, 0.3) is 0 Å². The monoisotopic (exact) mass is 345 g/mol. The smallest absolute Gasteiger partial charge is 0.358 e. The molecule has 0 aromatic rings. The van der Waals surface area contributed by atoms with Crippen molar-refractivity contribution in [2.75, 3.05) is 0 Å². The topological polar surface area (TPSA) is 0 Å². The molecule has 0 aromatic carbocycles. The third kappa shape index (κ3) is 8.01. The van der Waals surface area contributed by atoms with Crippen molar-refractivity contribution in [2.24, 2.45) is 0 Å². The van der Waals surface area contributed by atoms with Crippen molar-refractivity contribution < 1.29 is 21.1 Å². The van der Waals surface area contributed by atoms with Crippen molar-refractivity contribution in [1.29, 1.82) is 0 Å². The van der Waals surface area contributed by atoms with Crippen LogP contribution in [0.3, 0.4) is 0 Å². The molecule has 0 bridgehead atoms. The third-order valence-corrected chi connectivity index (χ3v) is 1.13. The molecule has 0 atom stereocenters. The van der Waals surface area contributed by atoms with E-state index in [4.69, 9.17) is 0 Å². The maximum Gasteiger partial charge on any atom is 4.00 e. The minimum atomic E-state index is 0. The van der Waals surface area contributed by atoms with Gasteiger partial charge in [-0.25, -0.2) is 11.6 Å². The van der Waals surface area contributed by atoms with Crippen LogP contribution in [0.1, 0.15) is 12.8 Å². The van der Waals surface area contributed by atoms with Gasteiger partial charge in [0.2, 0.25) is 0 Å². The second kappa shape index (κ2) is 13.5. The van der Waals surface area contributed by atoms with Crippen LogP contribution in [0.5, 0.6) is 0 Å². The van der Waals surface area contributed by atoms with Gasteiger partial charge in [-0.15, -0.1) is 13.0 Å². The summed E-state index contributed by atoms with van der Waals surface area (Å²) in [4.78, 5) is 0. The van der Waals surface area contributed by atoms with Gasteiger partial charge in [-0.05, 0) is 6.42 Å². The maximum absolute atomic E-state index is 3.63. The second-order valence-corrected chi connectivity index (χ2v) is 1.80. The number of rotatable bonds is 2. The first-order valence-corrected chi connectivity index (χ1v) is 2.80. The molecule has 0 unspecified atom stereocenters. The molecule has 0 spiro atoms. The maximum atomic E-state index is 3.63. The predicted octanol–water partition coefficient (Wildman–Crippen LogP) is 3.60. The normalized spacial score (nSPS) is 10.8. The fraction of sp³-hybridized carbons (Fsp3) is 0.182. The molecule has 0 fully saturated rings. The van der Waals surface area contributed by atoms with Crippen molar-refractivity contribution in [2.45, 2.75) is 12.8 Å². The van der Waals surface area contributed by atoms with E-state index >= 15 is 0 Å². The van der Waals surface area contributed by atoms with Crippen molar-refractivity contribution in [3.63, 3.8) is 0 Å². The summed E-state index contributed by atoms with van der Waals surface area (Å²) in [5.74, 6) is 0. The SMILES string of the molecule is C=CCC1=[C-]CC=C1.[CH3-].[CH3-].[CH3-].[Pt+4]. The predicted molar refractivity (Wildman–Crippen MR) is 54.6 cm³/mol. The number of hydrogen-bond donors (Lipinski definition) is 0. The zero-order chi connectivity index (χ0) is 5.82. The van der Waals surface area contributed by atoms with Gasteiger partial charge in [-0.2, -0.15) is 6.08 Å². The molecule has 1 rings (SSSR count). The molecule has 12 heavy (non-hydrogen) atoms. The zero-order valence-corrected chi connectivity index (χ0v) is 10.4. The molecular formula is C11H18Pt. The van der Waals surface area contributed by atoms with Gasteiger partial charge in [-0.1, -0.05) is 6.08 Å². The molecule has 0 N–H and O–H groups in total. The summed E-state index contributed by atoms with van der Waals surface area (Å²) in [6.45, 7) is 3.63. The Bertz CT molecular complexity index is 143. The van der Waals surface area contributed by atoms with E-state index in [1.807, 2.05) is 6.08 Å². The Morgan fingerprint density at radius 3 is 2.33 bits per heavy atom. The van der Waals surface area contributed by atoms with Gasteiger partial charge in [0.25, 0.3) is 0 Å². The Balaban J connectivity index is -0.0000000800. The molecule has 0 aliphatic heterocycles. The Labute approximate surface area is 92.7 Å². The largest absolute Gasteiger partial charge is 4.00 e. The van der Waals surface area contributed by atoms with E-state index in [0.717, 1.165) is 12.8 Å². The first-order valence-electron chi connectivity index (χ1n) is 2.80. The molecule has 0 nitrogen and oxygen atoms in total. The second-order valence-electron chi connectivity index (χ2n) is 1.80. The standard InChI is InChI=1S/C8H9.3CH3.Pt/c1-2-5-8-6-3-4-7-8;;;;/h2-3,6H,1,4-5H2;3*1H3;/q4*-1;+4. The van der Waals surface area contributed by atoms with Crippen LogP contribution in [0.2, 0.25) is 0 Å². The van der Waals surface area contributed by atoms with Gasteiger partial charge in [-0.3, -0.25) is 6.08 Å². The van der Waals surface area contributed by atoms with E-state index in [-0.39, 0.29) is 43.3 Å². The van der Waals surface area contributed by atoms with Gasteiger partial charge in [0.05, 0.1) is 0 Å². The molecular weight excluding hydrogens is 327 g/mol. The molecule has 0 saturated heterocycles. The summed E-state index contributed by atoms with van der Waals surface area (Å²) in [5.41, 5.74) is 1.28.